The summed E-state index contributed by atoms with van der Waals surface area (Å²) in [6, 6.07) is 11.3. The minimum atomic E-state index is -0.339. The Kier molecular flexibility index (Phi) is 5.91. The number of aliphatic hydroxyl groups is 1. The average molecular weight is 368 g/mol. The van der Waals surface area contributed by atoms with Crippen LogP contribution in [0.3, 0.4) is 0 Å². The first-order chi connectivity index (χ1) is 10.6. The van der Waals surface area contributed by atoms with E-state index in [1.807, 2.05) is 0 Å². The van der Waals surface area contributed by atoms with Crippen molar-refractivity contribution in [2.75, 3.05) is 13.2 Å². The molecule has 0 atom stereocenters. The molecule has 2 rings (SSSR count). The Hall–Kier alpha value is -1.92. The molecule has 1 amide bonds. The summed E-state index contributed by atoms with van der Waals surface area (Å²) < 4.78 is 19.8. The third-order valence-electron chi connectivity index (χ3n) is 2.92. The van der Waals surface area contributed by atoms with E-state index in [4.69, 9.17) is 9.84 Å². The summed E-state index contributed by atoms with van der Waals surface area (Å²) in [7, 11) is 0. The Morgan fingerprint density at radius 3 is 2.59 bits per heavy atom. The first kappa shape index (κ1) is 16.5. The lowest BCUT2D eigenvalue weighted by Crippen LogP contribution is -2.26. The molecular formula is C16H15BrFNO3. The standard InChI is InChI=1S/C16H15BrFNO3/c17-13-4-1-12(15(18)9-13)10-22-14-5-2-11(3-6-14)16(21)19-7-8-20/h1-6,9,20H,7-8,10H2,(H,19,21). The number of hydrogen-bond donors (Lipinski definition) is 2. The van der Waals surface area contributed by atoms with Crippen LogP contribution in [0.1, 0.15) is 15.9 Å². The van der Waals surface area contributed by atoms with E-state index in [9.17, 15) is 9.18 Å². The average Bonchev–Trinajstić information content (AvgIpc) is 2.52. The van der Waals surface area contributed by atoms with Crippen LogP contribution < -0.4 is 10.1 Å². The summed E-state index contributed by atoms with van der Waals surface area (Å²) >= 11 is 3.20. The second kappa shape index (κ2) is 7.91. The Balaban J connectivity index is 1.95. The van der Waals surface area contributed by atoms with E-state index >= 15 is 0 Å². The van der Waals surface area contributed by atoms with Gasteiger partial charge in [-0.25, -0.2) is 4.39 Å². The van der Waals surface area contributed by atoms with Crippen molar-refractivity contribution in [2.45, 2.75) is 6.61 Å². The maximum Gasteiger partial charge on any atom is 0.251 e. The van der Waals surface area contributed by atoms with Gasteiger partial charge in [0, 0.05) is 22.1 Å². The van der Waals surface area contributed by atoms with Gasteiger partial charge in [0.15, 0.2) is 0 Å². The molecular weight excluding hydrogens is 353 g/mol. The fourth-order valence-electron chi connectivity index (χ4n) is 1.77. The number of carbonyl (C=O) groups excluding carboxylic acids is 1. The fraction of sp³-hybridized carbons (Fsp3) is 0.188. The molecule has 0 bridgehead atoms. The maximum atomic E-state index is 13.7. The minimum Gasteiger partial charge on any atom is -0.489 e. The molecule has 4 nitrogen and oxygen atoms in total. The number of rotatable bonds is 6. The molecule has 0 radical (unpaired) electrons. The lowest BCUT2D eigenvalue weighted by atomic mass is 10.2. The van der Waals surface area contributed by atoms with Crippen LogP contribution in [0.15, 0.2) is 46.9 Å². The van der Waals surface area contributed by atoms with Crippen LogP contribution >= 0.6 is 15.9 Å². The highest BCUT2D eigenvalue weighted by molar-refractivity contribution is 9.10. The van der Waals surface area contributed by atoms with Crippen LogP contribution in [0.5, 0.6) is 5.75 Å². The third kappa shape index (κ3) is 4.54. The predicted octanol–water partition coefficient (Wildman–Crippen LogP) is 2.89. The number of carbonyl (C=O) groups is 1. The van der Waals surface area contributed by atoms with E-state index in [0.717, 1.165) is 0 Å². The summed E-state index contributed by atoms with van der Waals surface area (Å²) in [5.41, 5.74) is 0.920. The summed E-state index contributed by atoms with van der Waals surface area (Å²) in [4.78, 5) is 11.7. The monoisotopic (exact) mass is 367 g/mol. The van der Waals surface area contributed by atoms with Crippen LogP contribution in [0.25, 0.3) is 0 Å². The van der Waals surface area contributed by atoms with Gasteiger partial charge in [0.2, 0.25) is 0 Å². The molecule has 0 aliphatic heterocycles. The van der Waals surface area contributed by atoms with Crippen LogP contribution in [-0.2, 0) is 6.61 Å². The number of halogens is 2. The normalized spacial score (nSPS) is 10.3. The molecule has 0 fully saturated rings. The molecule has 116 valence electrons. The van der Waals surface area contributed by atoms with Crippen LogP contribution in [0.4, 0.5) is 4.39 Å². The molecule has 0 saturated carbocycles. The highest BCUT2D eigenvalue weighted by atomic mass is 79.9. The molecule has 0 spiro atoms. The van der Waals surface area contributed by atoms with Gasteiger partial charge < -0.3 is 15.2 Å². The van der Waals surface area contributed by atoms with Gasteiger partial charge in [0.05, 0.1) is 6.61 Å². The smallest absolute Gasteiger partial charge is 0.251 e. The van der Waals surface area contributed by atoms with E-state index in [2.05, 4.69) is 21.2 Å². The van der Waals surface area contributed by atoms with Crippen molar-refractivity contribution < 1.29 is 19.0 Å². The summed E-state index contributed by atoms with van der Waals surface area (Å²) in [5.74, 6) is -0.0602. The molecule has 0 aromatic heterocycles. The Labute approximate surface area is 136 Å². The fourth-order valence-corrected chi connectivity index (χ4v) is 2.11. The number of amides is 1. The molecule has 2 aromatic carbocycles. The molecule has 0 unspecified atom stereocenters. The lowest BCUT2D eigenvalue weighted by Gasteiger charge is -2.08. The molecule has 2 N–H and O–H groups in total. The van der Waals surface area contributed by atoms with Gasteiger partial charge >= 0.3 is 0 Å². The minimum absolute atomic E-state index is 0.105. The Morgan fingerprint density at radius 2 is 1.95 bits per heavy atom. The van der Waals surface area contributed by atoms with Crippen molar-refractivity contribution in [1.29, 1.82) is 0 Å². The van der Waals surface area contributed by atoms with E-state index in [-0.39, 0.29) is 31.5 Å². The van der Waals surface area contributed by atoms with Crippen molar-refractivity contribution >= 4 is 21.8 Å². The van der Waals surface area contributed by atoms with E-state index in [1.54, 1.807) is 36.4 Å². The first-order valence-electron chi connectivity index (χ1n) is 6.66. The van der Waals surface area contributed by atoms with Gasteiger partial charge in [-0.2, -0.15) is 0 Å². The molecule has 0 aliphatic rings. The zero-order chi connectivity index (χ0) is 15.9. The van der Waals surface area contributed by atoms with Crippen LogP contribution in [-0.4, -0.2) is 24.2 Å². The second-order valence-electron chi connectivity index (χ2n) is 4.53. The topological polar surface area (TPSA) is 58.6 Å². The number of aliphatic hydroxyl groups excluding tert-OH is 1. The van der Waals surface area contributed by atoms with Gasteiger partial charge in [0.25, 0.3) is 5.91 Å². The zero-order valence-corrected chi connectivity index (χ0v) is 13.3. The molecule has 6 heteroatoms. The van der Waals surface area contributed by atoms with Crippen molar-refractivity contribution in [3.05, 3.63) is 63.9 Å². The van der Waals surface area contributed by atoms with Crippen molar-refractivity contribution in [3.63, 3.8) is 0 Å². The van der Waals surface area contributed by atoms with Gasteiger partial charge in [-0.1, -0.05) is 22.0 Å². The zero-order valence-electron chi connectivity index (χ0n) is 11.7. The number of nitrogens with one attached hydrogen (secondary N) is 1. The molecule has 0 heterocycles. The highest BCUT2D eigenvalue weighted by Crippen LogP contribution is 2.18. The van der Waals surface area contributed by atoms with Gasteiger partial charge in [-0.3, -0.25) is 4.79 Å². The first-order valence-corrected chi connectivity index (χ1v) is 7.45. The van der Waals surface area contributed by atoms with Crippen molar-refractivity contribution in [1.82, 2.24) is 5.32 Å². The van der Waals surface area contributed by atoms with Crippen molar-refractivity contribution in [3.8, 4) is 5.75 Å². The van der Waals surface area contributed by atoms with E-state index < -0.39 is 0 Å². The SMILES string of the molecule is O=C(NCCO)c1ccc(OCc2ccc(Br)cc2F)cc1. The number of ether oxygens (including phenoxy) is 1. The largest absolute Gasteiger partial charge is 0.489 e. The van der Waals surface area contributed by atoms with Gasteiger partial charge in [-0.05, 0) is 36.4 Å². The number of benzene rings is 2. The van der Waals surface area contributed by atoms with Crippen molar-refractivity contribution in [2.24, 2.45) is 0 Å². The Bertz CT molecular complexity index is 646. The number of hydrogen-bond acceptors (Lipinski definition) is 3. The summed E-state index contributed by atoms with van der Waals surface area (Å²) in [6.07, 6.45) is 0. The summed E-state index contributed by atoms with van der Waals surface area (Å²) in [5, 5.41) is 11.2. The van der Waals surface area contributed by atoms with Gasteiger partial charge in [-0.15, -0.1) is 0 Å². The molecule has 0 saturated heterocycles. The van der Waals surface area contributed by atoms with Crippen LogP contribution in [0.2, 0.25) is 0 Å². The molecule has 0 aliphatic carbocycles. The third-order valence-corrected chi connectivity index (χ3v) is 3.42. The molecule has 22 heavy (non-hydrogen) atoms. The maximum absolute atomic E-state index is 13.7. The summed E-state index contributed by atoms with van der Waals surface area (Å²) in [6.45, 7) is 0.209. The van der Waals surface area contributed by atoms with E-state index in [1.165, 1.54) is 6.07 Å². The highest BCUT2D eigenvalue weighted by Gasteiger charge is 2.06. The predicted molar refractivity (Wildman–Crippen MR) is 84.3 cm³/mol. The lowest BCUT2D eigenvalue weighted by molar-refractivity contribution is 0.0944. The second-order valence-corrected chi connectivity index (χ2v) is 5.44. The molecule has 2 aromatic rings. The Morgan fingerprint density at radius 1 is 1.23 bits per heavy atom. The van der Waals surface area contributed by atoms with Crippen LogP contribution in [0, 0.1) is 5.82 Å². The van der Waals surface area contributed by atoms with Gasteiger partial charge in [0.1, 0.15) is 18.2 Å². The quantitative estimate of drug-likeness (QED) is 0.825. The van der Waals surface area contributed by atoms with E-state index in [0.29, 0.717) is 21.3 Å².